The molecule has 1 aromatic carbocycles. The zero-order chi connectivity index (χ0) is 12.8. The molecule has 2 rings (SSSR count). The minimum atomic E-state index is 0.103. The van der Waals surface area contributed by atoms with E-state index in [1.54, 1.807) is 12.2 Å². The van der Waals surface area contributed by atoms with Gasteiger partial charge in [0.25, 0.3) is 0 Å². The molecule has 0 saturated heterocycles. The van der Waals surface area contributed by atoms with E-state index in [1.807, 2.05) is 24.3 Å². The molecule has 92 valence electrons. The number of rotatable bonds is 4. The van der Waals surface area contributed by atoms with E-state index in [1.165, 1.54) is 5.56 Å². The normalized spacial score (nSPS) is 17.1. The largest absolute Gasteiger partial charge is 0.290 e. The fourth-order valence-electron chi connectivity index (χ4n) is 2.04. The quantitative estimate of drug-likeness (QED) is 0.763. The van der Waals surface area contributed by atoms with Crippen molar-refractivity contribution in [2.24, 2.45) is 0 Å². The lowest BCUT2D eigenvalue weighted by Crippen LogP contribution is -2.00. The van der Waals surface area contributed by atoms with Crippen molar-refractivity contribution in [3.63, 3.8) is 0 Å². The maximum atomic E-state index is 11.4. The van der Waals surface area contributed by atoms with Gasteiger partial charge < -0.3 is 0 Å². The van der Waals surface area contributed by atoms with Gasteiger partial charge in [0, 0.05) is 0 Å². The molecule has 0 atom stereocenters. The summed E-state index contributed by atoms with van der Waals surface area (Å²) < 4.78 is 0. The highest BCUT2D eigenvalue weighted by molar-refractivity contribution is 6.02. The second kappa shape index (κ2) is 6.15. The van der Waals surface area contributed by atoms with Crippen LogP contribution in [0.25, 0.3) is 6.08 Å². The van der Waals surface area contributed by atoms with Crippen LogP contribution in [0.15, 0.2) is 59.7 Å². The summed E-state index contributed by atoms with van der Waals surface area (Å²) in [6, 6.07) is 10.2. The standard InChI is InChI=1S/C17H18O/c1-2-3-9-15-13-17(18)11-10-16(15)12-14-7-5-4-6-8-14/h4-8,10-13H,2-3,9H2,1H3. The van der Waals surface area contributed by atoms with E-state index in [0.717, 1.165) is 30.4 Å². The number of ketones is 1. The van der Waals surface area contributed by atoms with Crippen molar-refractivity contribution >= 4 is 11.9 Å². The number of hydrogen-bond acceptors (Lipinski definition) is 1. The molecule has 0 aliphatic heterocycles. The third kappa shape index (κ3) is 3.30. The molecule has 1 nitrogen and oxygen atoms in total. The molecule has 0 unspecified atom stereocenters. The summed E-state index contributed by atoms with van der Waals surface area (Å²) in [5.41, 5.74) is 3.50. The summed E-state index contributed by atoms with van der Waals surface area (Å²) >= 11 is 0. The predicted molar refractivity (Wildman–Crippen MR) is 76.2 cm³/mol. The van der Waals surface area contributed by atoms with Gasteiger partial charge in [-0.15, -0.1) is 0 Å². The lowest BCUT2D eigenvalue weighted by Gasteiger charge is -2.11. The zero-order valence-electron chi connectivity index (χ0n) is 10.7. The number of allylic oxidation sites excluding steroid dienone is 5. The van der Waals surface area contributed by atoms with Crippen LogP contribution in [-0.4, -0.2) is 5.78 Å². The second-order valence-corrected chi connectivity index (χ2v) is 4.52. The van der Waals surface area contributed by atoms with E-state index in [9.17, 15) is 4.79 Å². The van der Waals surface area contributed by atoms with Gasteiger partial charge in [0.15, 0.2) is 5.78 Å². The Morgan fingerprint density at radius 1 is 1.11 bits per heavy atom. The maximum absolute atomic E-state index is 11.4. The van der Waals surface area contributed by atoms with Crippen molar-refractivity contribution in [3.05, 3.63) is 65.3 Å². The Balaban J connectivity index is 2.25. The molecule has 0 aromatic heterocycles. The lowest BCUT2D eigenvalue weighted by molar-refractivity contribution is -0.110. The Kier molecular flexibility index (Phi) is 4.30. The van der Waals surface area contributed by atoms with E-state index >= 15 is 0 Å². The van der Waals surface area contributed by atoms with E-state index in [-0.39, 0.29) is 5.78 Å². The van der Waals surface area contributed by atoms with Crippen LogP contribution in [0.2, 0.25) is 0 Å². The van der Waals surface area contributed by atoms with Crippen molar-refractivity contribution in [2.45, 2.75) is 26.2 Å². The first-order chi connectivity index (χ1) is 8.79. The third-order valence-electron chi connectivity index (χ3n) is 3.04. The van der Waals surface area contributed by atoms with Crippen molar-refractivity contribution in [2.75, 3.05) is 0 Å². The SMILES string of the molecule is CCCCC1=CC(=O)C=CC1=Cc1ccccc1. The number of unbranched alkanes of at least 4 members (excludes halogenated alkanes) is 1. The van der Waals surface area contributed by atoms with Gasteiger partial charge in [0.2, 0.25) is 0 Å². The van der Waals surface area contributed by atoms with Crippen molar-refractivity contribution in [1.82, 2.24) is 0 Å². The number of carbonyl (C=O) groups excluding carboxylic acids is 1. The minimum Gasteiger partial charge on any atom is -0.290 e. The summed E-state index contributed by atoms with van der Waals surface area (Å²) in [5, 5.41) is 0. The zero-order valence-corrected chi connectivity index (χ0v) is 10.7. The Labute approximate surface area is 109 Å². The van der Waals surface area contributed by atoms with Crippen LogP contribution >= 0.6 is 0 Å². The number of carbonyl (C=O) groups is 1. The fourth-order valence-corrected chi connectivity index (χ4v) is 2.04. The molecule has 1 aromatic rings. The first-order valence-electron chi connectivity index (χ1n) is 6.49. The Bertz CT molecular complexity index is 504. The summed E-state index contributed by atoms with van der Waals surface area (Å²) in [7, 11) is 0. The van der Waals surface area contributed by atoms with E-state index < -0.39 is 0 Å². The van der Waals surface area contributed by atoms with Crippen LogP contribution < -0.4 is 0 Å². The van der Waals surface area contributed by atoms with Crippen LogP contribution in [0.1, 0.15) is 31.7 Å². The fraction of sp³-hybridized carbons (Fsp3) is 0.235. The summed E-state index contributed by atoms with van der Waals surface area (Å²) in [6.45, 7) is 2.17. The molecule has 0 amide bonds. The summed E-state index contributed by atoms with van der Waals surface area (Å²) in [5.74, 6) is 0.103. The van der Waals surface area contributed by atoms with Gasteiger partial charge in [-0.3, -0.25) is 4.79 Å². The average molecular weight is 238 g/mol. The first kappa shape index (κ1) is 12.6. The van der Waals surface area contributed by atoms with E-state index in [4.69, 9.17) is 0 Å². The average Bonchev–Trinajstić information content (AvgIpc) is 2.40. The highest BCUT2D eigenvalue weighted by Gasteiger charge is 2.09. The molecule has 1 heteroatoms. The molecule has 0 spiro atoms. The molecule has 0 saturated carbocycles. The summed E-state index contributed by atoms with van der Waals surface area (Å²) in [4.78, 5) is 11.4. The van der Waals surface area contributed by atoms with Gasteiger partial charge in [-0.05, 0) is 47.8 Å². The van der Waals surface area contributed by atoms with Gasteiger partial charge in [-0.2, -0.15) is 0 Å². The van der Waals surface area contributed by atoms with Gasteiger partial charge in [0.05, 0.1) is 0 Å². The van der Waals surface area contributed by atoms with Crippen molar-refractivity contribution < 1.29 is 4.79 Å². The van der Waals surface area contributed by atoms with Crippen LogP contribution in [-0.2, 0) is 4.79 Å². The van der Waals surface area contributed by atoms with Gasteiger partial charge in [-0.1, -0.05) is 49.8 Å². The maximum Gasteiger partial charge on any atom is 0.178 e. The van der Waals surface area contributed by atoms with Gasteiger partial charge in [-0.25, -0.2) is 0 Å². The van der Waals surface area contributed by atoms with Crippen LogP contribution in [0, 0.1) is 0 Å². The third-order valence-corrected chi connectivity index (χ3v) is 3.04. The molecule has 1 aliphatic rings. The first-order valence-corrected chi connectivity index (χ1v) is 6.49. The molecule has 0 fully saturated rings. The van der Waals surface area contributed by atoms with Crippen LogP contribution in [0.4, 0.5) is 0 Å². The monoisotopic (exact) mass is 238 g/mol. The van der Waals surface area contributed by atoms with Crippen LogP contribution in [0.5, 0.6) is 0 Å². The predicted octanol–water partition coefficient (Wildman–Crippen LogP) is 4.33. The molecular weight excluding hydrogens is 220 g/mol. The van der Waals surface area contributed by atoms with E-state index in [0.29, 0.717) is 0 Å². The minimum absolute atomic E-state index is 0.103. The molecule has 0 radical (unpaired) electrons. The molecule has 0 N–H and O–H groups in total. The van der Waals surface area contributed by atoms with Crippen molar-refractivity contribution in [3.8, 4) is 0 Å². The molecule has 0 heterocycles. The second-order valence-electron chi connectivity index (χ2n) is 4.52. The smallest absolute Gasteiger partial charge is 0.178 e. The Morgan fingerprint density at radius 3 is 2.61 bits per heavy atom. The topological polar surface area (TPSA) is 17.1 Å². The lowest BCUT2D eigenvalue weighted by atomic mass is 9.93. The highest BCUT2D eigenvalue weighted by atomic mass is 16.1. The molecular formula is C17H18O. The molecule has 1 aliphatic carbocycles. The Hall–Kier alpha value is -1.89. The number of hydrogen-bond donors (Lipinski definition) is 0. The van der Waals surface area contributed by atoms with E-state index in [2.05, 4.69) is 25.1 Å². The Morgan fingerprint density at radius 2 is 1.89 bits per heavy atom. The molecule has 0 bridgehead atoms. The summed E-state index contributed by atoms with van der Waals surface area (Å²) in [6.07, 6.45) is 10.7. The highest BCUT2D eigenvalue weighted by Crippen LogP contribution is 2.24. The van der Waals surface area contributed by atoms with Crippen molar-refractivity contribution in [1.29, 1.82) is 0 Å². The van der Waals surface area contributed by atoms with Crippen LogP contribution in [0.3, 0.4) is 0 Å². The molecule has 18 heavy (non-hydrogen) atoms. The van der Waals surface area contributed by atoms with Gasteiger partial charge in [0.1, 0.15) is 0 Å². The number of benzene rings is 1. The van der Waals surface area contributed by atoms with Gasteiger partial charge >= 0.3 is 0 Å².